The van der Waals surface area contributed by atoms with Crippen LogP contribution in [0.4, 0.5) is 0 Å². The van der Waals surface area contributed by atoms with Crippen molar-refractivity contribution < 1.29 is 23.8 Å². The van der Waals surface area contributed by atoms with Crippen molar-refractivity contribution >= 4 is 17.5 Å². The maximum atomic E-state index is 13.4. The van der Waals surface area contributed by atoms with Crippen molar-refractivity contribution in [2.24, 2.45) is 10.9 Å². The van der Waals surface area contributed by atoms with E-state index in [4.69, 9.17) is 14.2 Å². The second kappa shape index (κ2) is 7.78. The highest BCUT2D eigenvalue weighted by Crippen LogP contribution is 2.47. The van der Waals surface area contributed by atoms with Gasteiger partial charge in [-0.15, -0.1) is 0 Å². The van der Waals surface area contributed by atoms with Gasteiger partial charge in [-0.2, -0.15) is 0 Å². The summed E-state index contributed by atoms with van der Waals surface area (Å²) in [5.41, 5.74) is 3.85. The quantitative estimate of drug-likeness (QED) is 0.705. The number of carbonyl (C=O) groups is 2. The molecule has 1 unspecified atom stereocenters. The number of esters is 1. The lowest BCUT2D eigenvalue weighted by Crippen LogP contribution is -2.32. The maximum absolute atomic E-state index is 13.4. The molecule has 1 aliphatic carbocycles. The van der Waals surface area contributed by atoms with E-state index in [1.54, 1.807) is 20.1 Å². The molecule has 154 valence electrons. The van der Waals surface area contributed by atoms with Gasteiger partial charge in [-0.25, -0.2) is 4.79 Å². The first-order valence-electron chi connectivity index (χ1n) is 9.83. The minimum Gasteiger partial charge on any atom is -0.493 e. The summed E-state index contributed by atoms with van der Waals surface area (Å²) >= 11 is 0. The van der Waals surface area contributed by atoms with E-state index >= 15 is 0 Å². The average molecular weight is 405 g/mol. The molecule has 1 aliphatic heterocycles. The number of Topliss-reactive ketones (excluding diaryl/α,β-unsaturated/α-hetero) is 1. The van der Waals surface area contributed by atoms with Crippen molar-refractivity contribution in [2.75, 3.05) is 20.8 Å². The lowest BCUT2D eigenvalue weighted by atomic mass is 9.75. The Morgan fingerprint density at radius 3 is 2.43 bits per heavy atom. The highest BCUT2D eigenvalue weighted by Gasteiger charge is 2.48. The van der Waals surface area contributed by atoms with E-state index in [2.05, 4.69) is 4.99 Å². The SMILES string of the molecule is CCOc1ccc([C@@H]2C(C(=O)OC)=C(C)N=C3c4ccccc4C(=O)C32)cc1OC. The second-order valence-corrected chi connectivity index (χ2v) is 7.20. The van der Waals surface area contributed by atoms with Crippen LogP contribution in [0.2, 0.25) is 0 Å². The minimum absolute atomic E-state index is 0.0453. The zero-order chi connectivity index (χ0) is 21.4. The number of fused-ring (bicyclic) bond motifs is 3. The summed E-state index contributed by atoms with van der Waals surface area (Å²) in [7, 11) is 2.90. The molecule has 0 aromatic heterocycles. The number of rotatable bonds is 5. The van der Waals surface area contributed by atoms with Crippen molar-refractivity contribution in [2.45, 2.75) is 19.8 Å². The van der Waals surface area contributed by atoms with Crippen molar-refractivity contribution in [1.29, 1.82) is 0 Å². The van der Waals surface area contributed by atoms with Crippen LogP contribution < -0.4 is 9.47 Å². The molecule has 2 aromatic carbocycles. The Balaban J connectivity index is 1.92. The zero-order valence-corrected chi connectivity index (χ0v) is 17.4. The first-order valence-corrected chi connectivity index (χ1v) is 9.83. The lowest BCUT2D eigenvalue weighted by molar-refractivity contribution is -0.136. The number of benzene rings is 2. The van der Waals surface area contributed by atoms with Crippen LogP contribution in [-0.4, -0.2) is 38.3 Å². The lowest BCUT2D eigenvalue weighted by Gasteiger charge is -2.30. The third-order valence-electron chi connectivity index (χ3n) is 5.62. The van der Waals surface area contributed by atoms with Crippen LogP contribution in [0.1, 0.15) is 41.3 Å². The van der Waals surface area contributed by atoms with E-state index in [-0.39, 0.29) is 5.78 Å². The number of hydrogen-bond donors (Lipinski definition) is 0. The van der Waals surface area contributed by atoms with Gasteiger partial charge in [-0.1, -0.05) is 30.3 Å². The summed E-state index contributed by atoms with van der Waals surface area (Å²) in [6, 6.07) is 12.9. The van der Waals surface area contributed by atoms with Gasteiger partial charge < -0.3 is 14.2 Å². The molecule has 0 spiro atoms. The summed E-state index contributed by atoms with van der Waals surface area (Å²) in [5.74, 6) is -0.511. The molecular weight excluding hydrogens is 382 g/mol. The van der Waals surface area contributed by atoms with Gasteiger partial charge in [0.2, 0.25) is 0 Å². The van der Waals surface area contributed by atoms with E-state index in [1.165, 1.54) is 7.11 Å². The summed E-state index contributed by atoms with van der Waals surface area (Å²) in [5, 5.41) is 0. The normalized spacial score (nSPS) is 19.7. The molecule has 2 aliphatic rings. The van der Waals surface area contributed by atoms with Gasteiger partial charge in [0.25, 0.3) is 0 Å². The van der Waals surface area contributed by atoms with Gasteiger partial charge in [0.15, 0.2) is 17.3 Å². The van der Waals surface area contributed by atoms with Crippen molar-refractivity contribution in [3.05, 3.63) is 70.4 Å². The molecule has 0 N–H and O–H groups in total. The molecule has 2 atom stereocenters. The van der Waals surface area contributed by atoms with Crippen LogP contribution in [0.15, 0.2) is 58.7 Å². The van der Waals surface area contributed by atoms with Gasteiger partial charge in [0.1, 0.15) is 0 Å². The van der Waals surface area contributed by atoms with Crippen molar-refractivity contribution in [3.8, 4) is 11.5 Å². The standard InChI is InChI=1S/C24H23NO5/c1-5-30-17-11-10-14(12-18(17)28-3)20-19(24(27)29-4)13(2)25-22-15-8-6-7-9-16(15)23(26)21(20)22/h6-12,20-21H,5H2,1-4H3/t20-,21?/m1/s1. The number of hydrogen-bond acceptors (Lipinski definition) is 6. The van der Waals surface area contributed by atoms with Gasteiger partial charge in [0, 0.05) is 22.7 Å². The van der Waals surface area contributed by atoms with Crippen molar-refractivity contribution in [1.82, 2.24) is 0 Å². The highest BCUT2D eigenvalue weighted by molar-refractivity contribution is 6.30. The molecule has 6 heteroatoms. The number of ether oxygens (including phenoxy) is 3. The van der Waals surface area contributed by atoms with Crippen LogP contribution in [0.5, 0.6) is 11.5 Å². The molecule has 0 amide bonds. The molecule has 0 radical (unpaired) electrons. The van der Waals surface area contributed by atoms with Crippen LogP contribution >= 0.6 is 0 Å². The fraction of sp³-hybridized carbons (Fsp3) is 0.292. The second-order valence-electron chi connectivity index (χ2n) is 7.20. The molecule has 4 rings (SSSR count). The zero-order valence-electron chi connectivity index (χ0n) is 17.4. The Kier molecular flexibility index (Phi) is 5.16. The van der Waals surface area contributed by atoms with E-state index < -0.39 is 17.8 Å². The van der Waals surface area contributed by atoms with E-state index in [1.807, 2.05) is 43.3 Å². The summed E-state index contributed by atoms with van der Waals surface area (Å²) < 4.78 is 16.2. The Hall–Kier alpha value is -3.41. The Morgan fingerprint density at radius 2 is 1.77 bits per heavy atom. The van der Waals surface area contributed by atoms with Gasteiger partial charge >= 0.3 is 5.97 Å². The molecule has 6 nitrogen and oxygen atoms in total. The largest absolute Gasteiger partial charge is 0.493 e. The fourth-order valence-electron chi connectivity index (χ4n) is 4.35. The van der Waals surface area contributed by atoms with Gasteiger partial charge in [-0.05, 0) is 31.5 Å². The Bertz CT molecular complexity index is 1100. The first-order chi connectivity index (χ1) is 14.5. The van der Waals surface area contributed by atoms with E-state index in [0.29, 0.717) is 40.7 Å². The number of aliphatic imine (C=N–C) groups is 1. The monoisotopic (exact) mass is 405 g/mol. The number of carbonyl (C=O) groups excluding carboxylic acids is 2. The first kappa shape index (κ1) is 19.9. The summed E-state index contributed by atoms with van der Waals surface area (Å²) in [6.07, 6.45) is 0. The maximum Gasteiger partial charge on any atom is 0.336 e. The molecule has 2 aromatic rings. The van der Waals surface area contributed by atoms with Gasteiger partial charge in [-0.3, -0.25) is 9.79 Å². The predicted octanol–water partition coefficient (Wildman–Crippen LogP) is 3.94. The van der Waals surface area contributed by atoms with Crippen LogP contribution in [0.3, 0.4) is 0 Å². The minimum atomic E-state index is -0.595. The van der Waals surface area contributed by atoms with Crippen LogP contribution in [0, 0.1) is 5.92 Å². The third-order valence-corrected chi connectivity index (χ3v) is 5.62. The molecule has 0 bridgehead atoms. The molecule has 0 saturated heterocycles. The average Bonchev–Trinajstić information content (AvgIpc) is 3.04. The highest BCUT2D eigenvalue weighted by atomic mass is 16.5. The molecule has 0 fully saturated rings. The number of methoxy groups -OCH3 is 2. The van der Waals surface area contributed by atoms with Gasteiger partial charge in [0.05, 0.1) is 38.0 Å². The van der Waals surface area contributed by atoms with E-state index in [0.717, 1.165) is 11.1 Å². The van der Waals surface area contributed by atoms with Crippen LogP contribution in [-0.2, 0) is 9.53 Å². The summed E-state index contributed by atoms with van der Waals surface area (Å²) in [6.45, 7) is 4.17. The molecule has 0 saturated carbocycles. The Labute approximate surface area is 175 Å². The fourth-order valence-corrected chi connectivity index (χ4v) is 4.35. The Morgan fingerprint density at radius 1 is 1.03 bits per heavy atom. The van der Waals surface area contributed by atoms with Crippen LogP contribution in [0.25, 0.3) is 0 Å². The number of nitrogens with zero attached hydrogens (tertiary/aromatic N) is 1. The summed E-state index contributed by atoms with van der Waals surface area (Å²) in [4.78, 5) is 30.8. The predicted molar refractivity (Wildman–Crippen MR) is 112 cm³/mol. The van der Waals surface area contributed by atoms with Crippen molar-refractivity contribution in [3.63, 3.8) is 0 Å². The molecule has 1 heterocycles. The smallest absolute Gasteiger partial charge is 0.336 e. The topological polar surface area (TPSA) is 74.2 Å². The van der Waals surface area contributed by atoms with E-state index in [9.17, 15) is 9.59 Å². The number of ketones is 1. The molecular formula is C24H23NO5. The third kappa shape index (κ3) is 3.00. The number of allylic oxidation sites excluding steroid dienone is 1. The molecule has 30 heavy (non-hydrogen) atoms.